The lowest BCUT2D eigenvalue weighted by atomic mass is 9.91. The van der Waals surface area contributed by atoms with Crippen molar-refractivity contribution in [1.82, 2.24) is 10.3 Å². The Balaban J connectivity index is 1.83. The third-order valence-corrected chi connectivity index (χ3v) is 5.14. The molecule has 3 rings (SSSR count). The van der Waals surface area contributed by atoms with Crippen molar-refractivity contribution in [3.05, 3.63) is 23.5 Å². The molecule has 2 aliphatic rings. The van der Waals surface area contributed by atoms with Crippen molar-refractivity contribution in [3.63, 3.8) is 0 Å². The van der Waals surface area contributed by atoms with E-state index in [1.165, 1.54) is 56.3 Å². The highest BCUT2D eigenvalue weighted by Crippen LogP contribution is 2.40. The van der Waals surface area contributed by atoms with Crippen LogP contribution in [0.25, 0.3) is 0 Å². The third-order valence-electron chi connectivity index (χ3n) is 5.14. The van der Waals surface area contributed by atoms with Gasteiger partial charge in [0.1, 0.15) is 0 Å². The van der Waals surface area contributed by atoms with Gasteiger partial charge in [-0.3, -0.25) is 4.98 Å². The Labute approximate surface area is 129 Å². The summed E-state index contributed by atoms with van der Waals surface area (Å²) in [7, 11) is 0. The number of fused-ring (bicyclic) bond motifs is 1. The maximum absolute atomic E-state index is 4.53. The summed E-state index contributed by atoms with van der Waals surface area (Å²) in [6.45, 7) is 7.59. The quantitative estimate of drug-likeness (QED) is 0.838. The maximum atomic E-state index is 4.53. The van der Waals surface area contributed by atoms with Crippen LogP contribution in [0.2, 0.25) is 0 Å². The molecule has 2 heterocycles. The van der Waals surface area contributed by atoms with Gasteiger partial charge in [-0.15, -0.1) is 0 Å². The van der Waals surface area contributed by atoms with Crippen molar-refractivity contribution in [2.45, 2.75) is 65.0 Å². The minimum atomic E-state index is 0.783. The molecule has 21 heavy (non-hydrogen) atoms. The molecule has 2 unspecified atom stereocenters. The molecule has 1 aliphatic heterocycles. The molecule has 3 nitrogen and oxygen atoms in total. The zero-order valence-corrected chi connectivity index (χ0v) is 13.6. The second-order valence-corrected chi connectivity index (χ2v) is 6.73. The monoisotopic (exact) mass is 287 g/mol. The Morgan fingerprint density at radius 2 is 2.14 bits per heavy atom. The van der Waals surface area contributed by atoms with Crippen LogP contribution in [0.4, 0.5) is 5.69 Å². The van der Waals surface area contributed by atoms with E-state index in [0.29, 0.717) is 0 Å². The number of aryl methyl sites for hydroxylation is 1. The van der Waals surface area contributed by atoms with Gasteiger partial charge in [-0.1, -0.05) is 13.3 Å². The van der Waals surface area contributed by atoms with Crippen LogP contribution < -0.4 is 10.2 Å². The highest BCUT2D eigenvalue weighted by molar-refractivity contribution is 5.55. The minimum absolute atomic E-state index is 0.783. The van der Waals surface area contributed by atoms with Crippen LogP contribution in [0.5, 0.6) is 0 Å². The Morgan fingerprint density at radius 1 is 1.29 bits per heavy atom. The van der Waals surface area contributed by atoms with E-state index >= 15 is 0 Å². The number of hydrogen-bond acceptors (Lipinski definition) is 3. The van der Waals surface area contributed by atoms with Gasteiger partial charge in [0.2, 0.25) is 0 Å². The Hall–Kier alpha value is -1.09. The Bertz CT molecular complexity index is 472. The number of piperidine rings is 1. The maximum Gasteiger partial charge on any atom is 0.0448 e. The molecule has 1 aromatic rings. The van der Waals surface area contributed by atoms with Gasteiger partial charge >= 0.3 is 0 Å². The van der Waals surface area contributed by atoms with Gasteiger partial charge < -0.3 is 10.2 Å². The first-order valence-electron chi connectivity index (χ1n) is 8.72. The van der Waals surface area contributed by atoms with E-state index in [4.69, 9.17) is 0 Å². The average Bonchev–Trinajstić information content (AvgIpc) is 2.97. The molecular weight excluding hydrogens is 258 g/mol. The van der Waals surface area contributed by atoms with Gasteiger partial charge in [-0.25, -0.2) is 0 Å². The normalized spacial score (nSPS) is 25.1. The summed E-state index contributed by atoms with van der Waals surface area (Å²) in [5.74, 6) is 0.934. The SMILES string of the molecule is CCCNCc1cnc(C)cc1N1CCCC2CCCC21. The number of pyridine rings is 1. The summed E-state index contributed by atoms with van der Waals surface area (Å²) in [6, 6.07) is 3.09. The molecule has 1 aromatic heterocycles. The Kier molecular flexibility index (Phi) is 4.79. The molecule has 0 radical (unpaired) electrons. The lowest BCUT2D eigenvalue weighted by Gasteiger charge is -2.40. The van der Waals surface area contributed by atoms with E-state index in [9.17, 15) is 0 Å². The molecule has 1 saturated carbocycles. The standard InChI is InChI=1S/C18H29N3/c1-3-9-19-12-16-13-20-14(2)11-18(16)21-10-5-7-15-6-4-8-17(15)21/h11,13,15,17,19H,3-10,12H2,1-2H3. The van der Waals surface area contributed by atoms with E-state index < -0.39 is 0 Å². The summed E-state index contributed by atoms with van der Waals surface area (Å²) in [6.07, 6.45) is 10.3. The van der Waals surface area contributed by atoms with E-state index in [0.717, 1.165) is 30.7 Å². The molecule has 1 saturated heterocycles. The number of hydrogen-bond donors (Lipinski definition) is 1. The number of nitrogens with zero attached hydrogens (tertiary/aromatic N) is 2. The first-order chi connectivity index (χ1) is 10.3. The van der Waals surface area contributed by atoms with E-state index in [1.54, 1.807) is 0 Å². The average molecular weight is 287 g/mol. The van der Waals surface area contributed by atoms with Crippen molar-refractivity contribution in [1.29, 1.82) is 0 Å². The lowest BCUT2D eigenvalue weighted by molar-refractivity contribution is 0.361. The molecule has 2 fully saturated rings. The van der Waals surface area contributed by atoms with Crippen molar-refractivity contribution in [2.24, 2.45) is 5.92 Å². The van der Waals surface area contributed by atoms with Crippen LogP contribution in [0.3, 0.4) is 0 Å². The first-order valence-corrected chi connectivity index (χ1v) is 8.72. The van der Waals surface area contributed by atoms with Crippen LogP contribution >= 0.6 is 0 Å². The highest BCUT2D eigenvalue weighted by atomic mass is 15.2. The van der Waals surface area contributed by atoms with Crippen LogP contribution in [-0.4, -0.2) is 24.1 Å². The molecule has 2 atom stereocenters. The lowest BCUT2D eigenvalue weighted by Crippen LogP contribution is -2.43. The van der Waals surface area contributed by atoms with E-state index in [-0.39, 0.29) is 0 Å². The Morgan fingerprint density at radius 3 is 3.00 bits per heavy atom. The molecule has 0 bridgehead atoms. The van der Waals surface area contributed by atoms with Gasteiger partial charge in [0.25, 0.3) is 0 Å². The smallest absolute Gasteiger partial charge is 0.0448 e. The van der Waals surface area contributed by atoms with Crippen molar-refractivity contribution < 1.29 is 0 Å². The predicted octanol–water partition coefficient (Wildman–Crippen LogP) is 3.66. The number of nitrogens with one attached hydrogen (secondary N) is 1. The molecular formula is C18H29N3. The van der Waals surface area contributed by atoms with Crippen LogP contribution in [0.1, 0.15) is 56.7 Å². The molecule has 1 aliphatic carbocycles. The zero-order valence-electron chi connectivity index (χ0n) is 13.6. The van der Waals surface area contributed by atoms with Gasteiger partial charge in [-0.2, -0.15) is 0 Å². The minimum Gasteiger partial charge on any atom is -0.368 e. The summed E-state index contributed by atoms with van der Waals surface area (Å²) in [5.41, 5.74) is 3.97. The van der Waals surface area contributed by atoms with Gasteiger partial charge in [-0.05, 0) is 57.6 Å². The molecule has 0 spiro atoms. The second kappa shape index (κ2) is 6.78. The van der Waals surface area contributed by atoms with Crippen molar-refractivity contribution in [2.75, 3.05) is 18.0 Å². The number of aromatic nitrogens is 1. The molecule has 1 N–H and O–H groups in total. The number of anilines is 1. The van der Waals surface area contributed by atoms with Crippen molar-refractivity contribution >= 4 is 5.69 Å². The highest BCUT2D eigenvalue weighted by Gasteiger charge is 2.35. The van der Waals surface area contributed by atoms with Gasteiger partial charge in [0.05, 0.1) is 0 Å². The summed E-state index contributed by atoms with van der Waals surface area (Å²) in [5, 5.41) is 3.54. The summed E-state index contributed by atoms with van der Waals surface area (Å²) >= 11 is 0. The zero-order chi connectivity index (χ0) is 14.7. The van der Waals surface area contributed by atoms with Gasteiger partial charge in [0, 0.05) is 42.3 Å². The molecule has 116 valence electrons. The van der Waals surface area contributed by atoms with Crippen LogP contribution in [0.15, 0.2) is 12.3 Å². The predicted molar refractivity (Wildman–Crippen MR) is 88.7 cm³/mol. The molecule has 3 heteroatoms. The fraction of sp³-hybridized carbons (Fsp3) is 0.722. The summed E-state index contributed by atoms with van der Waals surface area (Å²) in [4.78, 5) is 7.24. The fourth-order valence-electron chi connectivity index (χ4n) is 4.13. The third kappa shape index (κ3) is 3.23. The molecule has 0 aromatic carbocycles. The second-order valence-electron chi connectivity index (χ2n) is 6.73. The first kappa shape index (κ1) is 14.8. The van der Waals surface area contributed by atoms with Gasteiger partial charge in [0.15, 0.2) is 0 Å². The van der Waals surface area contributed by atoms with Crippen LogP contribution in [0, 0.1) is 12.8 Å². The topological polar surface area (TPSA) is 28.2 Å². The van der Waals surface area contributed by atoms with E-state index in [2.05, 4.69) is 41.3 Å². The largest absolute Gasteiger partial charge is 0.368 e. The summed E-state index contributed by atoms with van der Waals surface area (Å²) < 4.78 is 0. The molecule has 0 amide bonds. The number of rotatable bonds is 5. The van der Waals surface area contributed by atoms with Crippen molar-refractivity contribution in [3.8, 4) is 0 Å². The fourth-order valence-corrected chi connectivity index (χ4v) is 4.13. The van der Waals surface area contributed by atoms with Crippen LogP contribution in [-0.2, 0) is 6.54 Å². The van der Waals surface area contributed by atoms with E-state index in [1.807, 2.05) is 0 Å².